The summed E-state index contributed by atoms with van der Waals surface area (Å²) in [4.78, 5) is 17.1. The van der Waals surface area contributed by atoms with E-state index in [4.69, 9.17) is 9.47 Å². The van der Waals surface area contributed by atoms with E-state index in [0.29, 0.717) is 34.2 Å². The smallest absolute Gasteiger partial charge is 0.236 e. The van der Waals surface area contributed by atoms with Crippen LogP contribution in [0.5, 0.6) is 11.5 Å². The second kappa shape index (κ2) is 11.4. The van der Waals surface area contributed by atoms with Gasteiger partial charge in [0.25, 0.3) is 0 Å². The highest BCUT2D eigenvalue weighted by molar-refractivity contribution is 7.99. The maximum atomic E-state index is 12.6. The molecule has 0 fully saturated rings. The number of hydrogen-bond donors (Lipinski definition) is 1. The Hall–Kier alpha value is -3.37. The van der Waals surface area contributed by atoms with Gasteiger partial charge < -0.3 is 19.4 Å². The molecule has 8 nitrogen and oxygen atoms in total. The largest absolute Gasteiger partial charge is 0.493 e. The van der Waals surface area contributed by atoms with E-state index in [1.807, 2.05) is 79.2 Å². The van der Waals surface area contributed by atoms with E-state index in [2.05, 4.69) is 20.5 Å². The van der Waals surface area contributed by atoms with E-state index in [1.165, 1.54) is 28.7 Å². The van der Waals surface area contributed by atoms with Crippen molar-refractivity contribution >= 4 is 34.1 Å². The number of para-hydroxylation sites is 2. The van der Waals surface area contributed by atoms with Crippen LogP contribution in [0, 0.1) is 6.92 Å². The molecule has 182 valence electrons. The zero-order valence-electron chi connectivity index (χ0n) is 20.0. The van der Waals surface area contributed by atoms with Gasteiger partial charge in [0.15, 0.2) is 33.7 Å². The first kappa shape index (κ1) is 24.7. The molecule has 0 saturated heterocycles. The Balaban J connectivity index is 1.37. The third kappa shape index (κ3) is 6.01. The average molecular weight is 510 g/mol. The van der Waals surface area contributed by atoms with Crippen LogP contribution < -0.4 is 14.8 Å². The van der Waals surface area contributed by atoms with Gasteiger partial charge in [-0.3, -0.25) is 4.79 Å². The van der Waals surface area contributed by atoms with Gasteiger partial charge >= 0.3 is 0 Å². The van der Waals surface area contributed by atoms with Gasteiger partial charge in [-0.1, -0.05) is 53.7 Å². The van der Waals surface area contributed by atoms with Crippen molar-refractivity contribution in [1.29, 1.82) is 0 Å². The summed E-state index contributed by atoms with van der Waals surface area (Å²) >= 11 is 2.74. The Morgan fingerprint density at radius 1 is 1.14 bits per heavy atom. The van der Waals surface area contributed by atoms with Crippen LogP contribution in [0.2, 0.25) is 0 Å². The Labute approximate surface area is 212 Å². The topological polar surface area (TPSA) is 91.2 Å². The second-order valence-electron chi connectivity index (χ2n) is 7.74. The Kier molecular flexibility index (Phi) is 8.04. The number of carbonyl (C=O) groups is 1. The molecule has 4 rings (SSSR count). The minimum atomic E-state index is -0.350. The molecule has 1 unspecified atom stereocenters. The van der Waals surface area contributed by atoms with Crippen molar-refractivity contribution in [3.8, 4) is 22.8 Å². The monoisotopic (exact) mass is 509 g/mol. The highest BCUT2D eigenvalue weighted by atomic mass is 32.2. The number of benzene rings is 2. The Bertz CT molecular complexity index is 1290. The predicted molar refractivity (Wildman–Crippen MR) is 139 cm³/mol. The van der Waals surface area contributed by atoms with E-state index in [9.17, 15) is 4.79 Å². The van der Waals surface area contributed by atoms with Gasteiger partial charge in [0.05, 0.1) is 18.6 Å². The molecule has 1 amide bonds. The summed E-state index contributed by atoms with van der Waals surface area (Å²) in [6, 6.07) is 15.6. The third-order valence-corrected chi connectivity index (χ3v) is 6.95. The van der Waals surface area contributed by atoms with Crippen LogP contribution in [0.4, 0.5) is 5.13 Å². The summed E-state index contributed by atoms with van der Waals surface area (Å²) < 4.78 is 13.4. The fraction of sp³-hybridized carbons (Fsp3) is 0.280. The standard InChI is InChI=1S/C25H27N5O3S2/c1-5-30-23(17(3)33-21-9-7-6-8-20(21)32-4)28-29-25(30)35-15-22(31)27-24-26-19(14-34-24)18-12-10-16(2)11-13-18/h6-14,17H,5,15H2,1-4H3,(H,26,27,31). The van der Waals surface area contributed by atoms with Crippen LogP contribution in [0.15, 0.2) is 59.1 Å². The SMILES string of the molecule is CCn1c(SCC(=O)Nc2nc(-c3ccc(C)cc3)cs2)nnc1C(C)Oc1ccccc1OC. The number of thioether (sulfide) groups is 1. The number of nitrogens with zero attached hydrogens (tertiary/aromatic N) is 4. The summed E-state index contributed by atoms with van der Waals surface area (Å²) in [5.74, 6) is 2.02. The summed E-state index contributed by atoms with van der Waals surface area (Å²) in [6.07, 6.45) is -0.350. The number of methoxy groups -OCH3 is 1. The molecular formula is C25H27N5O3S2. The molecule has 10 heteroatoms. The average Bonchev–Trinajstić information content (AvgIpc) is 3.50. The van der Waals surface area contributed by atoms with Gasteiger partial charge in [-0.25, -0.2) is 4.98 Å². The van der Waals surface area contributed by atoms with Crippen molar-refractivity contribution in [3.63, 3.8) is 0 Å². The molecule has 2 aromatic carbocycles. The number of ether oxygens (including phenoxy) is 2. The van der Waals surface area contributed by atoms with Crippen molar-refractivity contribution < 1.29 is 14.3 Å². The van der Waals surface area contributed by atoms with Crippen LogP contribution in [0.1, 0.15) is 31.3 Å². The molecule has 2 aromatic heterocycles. The van der Waals surface area contributed by atoms with Crippen LogP contribution >= 0.6 is 23.1 Å². The molecule has 0 bridgehead atoms. The Morgan fingerprint density at radius 3 is 2.60 bits per heavy atom. The molecule has 0 aliphatic heterocycles. The second-order valence-corrected chi connectivity index (χ2v) is 9.54. The number of thiazole rings is 1. The molecule has 0 aliphatic carbocycles. The molecular weight excluding hydrogens is 482 g/mol. The summed E-state index contributed by atoms with van der Waals surface area (Å²) in [7, 11) is 1.61. The molecule has 0 saturated carbocycles. The van der Waals surface area contributed by atoms with Gasteiger partial charge in [-0.15, -0.1) is 21.5 Å². The number of anilines is 1. The first-order valence-corrected chi connectivity index (χ1v) is 13.0. The predicted octanol–water partition coefficient (Wildman–Crippen LogP) is 5.61. The van der Waals surface area contributed by atoms with E-state index in [-0.39, 0.29) is 17.8 Å². The number of rotatable bonds is 10. The van der Waals surface area contributed by atoms with E-state index >= 15 is 0 Å². The molecule has 4 aromatic rings. The number of hydrogen-bond acceptors (Lipinski definition) is 8. The molecule has 0 radical (unpaired) electrons. The van der Waals surface area contributed by atoms with E-state index in [0.717, 1.165) is 11.3 Å². The number of carbonyl (C=O) groups excluding carboxylic acids is 1. The van der Waals surface area contributed by atoms with Crippen LogP contribution in [-0.4, -0.2) is 38.5 Å². The van der Waals surface area contributed by atoms with Crippen LogP contribution in [-0.2, 0) is 11.3 Å². The summed E-state index contributed by atoms with van der Waals surface area (Å²) in [6.45, 7) is 6.62. The van der Waals surface area contributed by atoms with Crippen molar-refractivity contribution in [2.24, 2.45) is 0 Å². The molecule has 35 heavy (non-hydrogen) atoms. The Morgan fingerprint density at radius 2 is 1.89 bits per heavy atom. The molecule has 0 aliphatic rings. The minimum Gasteiger partial charge on any atom is -0.493 e. The number of amides is 1. The van der Waals surface area contributed by atoms with E-state index in [1.54, 1.807) is 7.11 Å². The van der Waals surface area contributed by atoms with E-state index < -0.39 is 0 Å². The number of nitrogens with one attached hydrogen (secondary N) is 1. The maximum Gasteiger partial charge on any atom is 0.236 e. The zero-order valence-corrected chi connectivity index (χ0v) is 21.7. The lowest BCUT2D eigenvalue weighted by Gasteiger charge is -2.17. The van der Waals surface area contributed by atoms with Gasteiger partial charge in [0.2, 0.25) is 5.91 Å². The van der Waals surface area contributed by atoms with Crippen LogP contribution in [0.3, 0.4) is 0 Å². The molecule has 1 N–H and O–H groups in total. The highest BCUT2D eigenvalue weighted by Gasteiger charge is 2.20. The highest BCUT2D eigenvalue weighted by Crippen LogP contribution is 2.31. The fourth-order valence-electron chi connectivity index (χ4n) is 3.44. The number of aromatic nitrogens is 4. The molecule has 1 atom stereocenters. The normalized spacial score (nSPS) is 11.8. The van der Waals surface area contributed by atoms with Gasteiger partial charge in [0.1, 0.15) is 0 Å². The van der Waals surface area contributed by atoms with Crippen molar-refractivity contribution in [2.75, 3.05) is 18.2 Å². The van der Waals surface area contributed by atoms with Gasteiger partial charge in [-0.05, 0) is 32.9 Å². The van der Waals surface area contributed by atoms with Crippen molar-refractivity contribution in [3.05, 3.63) is 65.3 Å². The first-order chi connectivity index (χ1) is 17.0. The minimum absolute atomic E-state index is 0.148. The van der Waals surface area contributed by atoms with Crippen LogP contribution in [0.25, 0.3) is 11.3 Å². The molecule has 2 heterocycles. The van der Waals surface area contributed by atoms with Gasteiger partial charge in [0, 0.05) is 17.5 Å². The number of aryl methyl sites for hydroxylation is 1. The van der Waals surface area contributed by atoms with Crippen molar-refractivity contribution in [2.45, 2.75) is 38.6 Å². The lowest BCUT2D eigenvalue weighted by atomic mass is 10.1. The summed E-state index contributed by atoms with van der Waals surface area (Å²) in [5.41, 5.74) is 3.06. The summed E-state index contributed by atoms with van der Waals surface area (Å²) in [5, 5.41) is 14.7. The molecule has 0 spiro atoms. The quantitative estimate of drug-likeness (QED) is 0.278. The maximum absolute atomic E-state index is 12.6. The third-order valence-electron chi connectivity index (χ3n) is 5.23. The van der Waals surface area contributed by atoms with Gasteiger partial charge in [-0.2, -0.15) is 0 Å². The fourth-order valence-corrected chi connectivity index (χ4v) is 4.98. The zero-order chi connectivity index (χ0) is 24.8. The van der Waals surface area contributed by atoms with Crippen molar-refractivity contribution in [1.82, 2.24) is 19.7 Å². The first-order valence-electron chi connectivity index (χ1n) is 11.2. The lowest BCUT2D eigenvalue weighted by Crippen LogP contribution is -2.15. The lowest BCUT2D eigenvalue weighted by molar-refractivity contribution is -0.113.